The fourth-order valence-corrected chi connectivity index (χ4v) is 3.57. The predicted molar refractivity (Wildman–Crippen MR) is 128 cm³/mol. The van der Waals surface area contributed by atoms with Crippen molar-refractivity contribution in [3.8, 4) is 11.4 Å². The Balaban J connectivity index is 1.54. The van der Waals surface area contributed by atoms with Crippen LogP contribution in [0, 0.1) is 0 Å². The maximum Gasteiger partial charge on any atom is 0.255 e. The molecule has 4 rings (SSSR count). The molecule has 3 aromatic carbocycles. The second-order valence-electron chi connectivity index (χ2n) is 9.05. The van der Waals surface area contributed by atoms with Crippen LogP contribution in [-0.4, -0.2) is 26.0 Å². The average Bonchev–Trinajstić information content (AvgIpc) is 3.17. The molecule has 1 aromatic heterocycles. The molecule has 6 nitrogen and oxygen atoms in total. The summed E-state index contributed by atoms with van der Waals surface area (Å²) in [5.41, 5.74) is 5.42. The van der Waals surface area contributed by atoms with E-state index in [1.54, 1.807) is 12.1 Å². The van der Waals surface area contributed by atoms with Gasteiger partial charge in [0.1, 0.15) is 22.5 Å². The summed E-state index contributed by atoms with van der Waals surface area (Å²) < 4.78 is 0. The number of aromatic nitrogens is 3. The van der Waals surface area contributed by atoms with Crippen molar-refractivity contribution in [1.29, 1.82) is 0 Å². The van der Waals surface area contributed by atoms with Gasteiger partial charge in [-0.3, -0.25) is 4.79 Å². The molecule has 0 atom stereocenters. The van der Waals surface area contributed by atoms with E-state index in [1.807, 2.05) is 36.4 Å². The van der Waals surface area contributed by atoms with Crippen LogP contribution >= 0.6 is 0 Å². The number of aromatic hydroxyl groups is 1. The van der Waals surface area contributed by atoms with Gasteiger partial charge in [0.2, 0.25) is 0 Å². The first-order chi connectivity index (χ1) is 15.2. The van der Waals surface area contributed by atoms with Crippen molar-refractivity contribution in [1.82, 2.24) is 15.0 Å². The summed E-state index contributed by atoms with van der Waals surface area (Å²) in [7, 11) is 0. The highest BCUT2D eigenvalue weighted by molar-refractivity contribution is 6.04. The van der Waals surface area contributed by atoms with E-state index in [4.69, 9.17) is 0 Å². The number of anilines is 1. The number of nitrogens with zero attached hydrogens (tertiary/aromatic N) is 3. The number of carbonyl (C=O) groups excluding carboxylic acids is 1. The standard InChI is InChI=1S/C26H28N4O2/c1-5-6-17-7-9-18(10-8-17)25(32)27-20-12-14-23(24(31)16-20)30-28-21-13-11-19(26(2,3)4)15-22(21)29-30/h7-16,31H,5-6H2,1-4H3,(H,27,32). The molecule has 0 aliphatic carbocycles. The summed E-state index contributed by atoms with van der Waals surface area (Å²) in [5, 5.41) is 22.4. The number of hydrogen-bond donors (Lipinski definition) is 2. The molecule has 0 saturated heterocycles. The molecule has 2 N–H and O–H groups in total. The number of hydrogen-bond acceptors (Lipinski definition) is 4. The molecule has 164 valence electrons. The Bertz CT molecular complexity index is 1270. The van der Waals surface area contributed by atoms with Gasteiger partial charge in [0, 0.05) is 17.3 Å². The monoisotopic (exact) mass is 428 g/mol. The first kappa shape index (κ1) is 21.6. The van der Waals surface area contributed by atoms with Gasteiger partial charge in [-0.25, -0.2) is 0 Å². The number of phenolic OH excluding ortho intramolecular Hbond substituents is 1. The van der Waals surface area contributed by atoms with E-state index in [0.717, 1.165) is 23.9 Å². The quantitative estimate of drug-likeness (QED) is 0.432. The smallest absolute Gasteiger partial charge is 0.255 e. The summed E-state index contributed by atoms with van der Waals surface area (Å²) in [6.45, 7) is 8.58. The van der Waals surface area contributed by atoms with E-state index in [2.05, 4.69) is 49.3 Å². The maximum atomic E-state index is 12.6. The molecule has 0 aliphatic rings. The molecular formula is C26H28N4O2. The zero-order valence-electron chi connectivity index (χ0n) is 18.9. The number of nitrogens with one attached hydrogen (secondary N) is 1. The van der Waals surface area contributed by atoms with Crippen molar-refractivity contribution in [2.75, 3.05) is 5.32 Å². The van der Waals surface area contributed by atoms with Crippen molar-refractivity contribution in [2.24, 2.45) is 0 Å². The first-order valence-corrected chi connectivity index (χ1v) is 10.9. The number of amides is 1. The second-order valence-corrected chi connectivity index (χ2v) is 9.05. The van der Waals surface area contributed by atoms with Gasteiger partial charge in [0.05, 0.1) is 0 Å². The SMILES string of the molecule is CCCc1ccc(C(=O)Nc2ccc(-n3nc4ccc(C(C)(C)C)cc4n3)c(O)c2)cc1. The van der Waals surface area contributed by atoms with Crippen LogP contribution in [0.25, 0.3) is 16.7 Å². The van der Waals surface area contributed by atoms with Crippen molar-refractivity contribution in [3.63, 3.8) is 0 Å². The highest BCUT2D eigenvalue weighted by Crippen LogP contribution is 2.28. The van der Waals surface area contributed by atoms with Gasteiger partial charge in [-0.2, -0.15) is 0 Å². The summed E-state index contributed by atoms with van der Waals surface area (Å²) in [6, 6.07) is 18.5. The minimum absolute atomic E-state index is 0.0102. The predicted octanol–water partition coefficient (Wildman–Crippen LogP) is 5.63. The lowest BCUT2D eigenvalue weighted by Gasteiger charge is -2.18. The largest absolute Gasteiger partial charge is 0.506 e. The lowest BCUT2D eigenvalue weighted by atomic mass is 9.87. The van der Waals surface area contributed by atoms with E-state index < -0.39 is 0 Å². The van der Waals surface area contributed by atoms with Crippen LogP contribution in [-0.2, 0) is 11.8 Å². The molecule has 6 heteroatoms. The lowest BCUT2D eigenvalue weighted by molar-refractivity contribution is 0.102. The Kier molecular flexibility index (Phi) is 5.70. The summed E-state index contributed by atoms with van der Waals surface area (Å²) >= 11 is 0. The van der Waals surface area contributed by atoms with Gasteiger partial charge >= 0.3 is 0 Å². The van der Waals surface area contributed by atoms with Crippen molar-refractivity contribution < 1.29 is 9.90 Å². The first-order valence-electron chi connectivity index (χ1n) is 10.9. The Morgan fingerprint density at radius 2 is 1.69 bits per heavy atom. The number of fused-ring (bicyclic) bond motifs is 1. The second kappa shape index (κ2) is 8.46. The topological polar surface area (TPSA) is 80.0 Å². The number of rotatable bonds is 5. The van der Waals surface area contributed by atoms with Crippen LogP contribution in [0.4, 0.5) is 5.69 Å². The third-order valence-electron chi connectivity index (χ3n) is 5.45. The lowest BCUT2D eigenvalue weighted by Crippen LogP contribution is -2.12. The molecule has 0 saturated carbocycles. The molecule has 32 heavy (non-hydrogen) atoms. The van der Waals surface area contributed by atoms with Crippen LogP contribution in [0.1, 0.15) is 55.6 Å². The third-order valence-corrected chi connectivity index (χ3v) is 5.45. The van der Waals surface area contributed by atoms with Crippen LogP contribution in [0.15, 0.2) is 60.7 Å². The molecule has 1 heterocycles. The fourth-order valence-electron chi connectivity index (χ4n) is 3.57. The van der Waals surface area contributed by atoms with Gasteiger partial charge in [0.25, 0.3) is 5.91 Å². The highest BCUT2D eigenvalue weighted by atomic mass is 16.3. The Hall–Kier alpha value is -3.67. The minimum Gasteiger partial charge on any atom is -0.506 e. The molecule has 0 unspecified atom stereocenters. The normalized spacial score (nSPS) is 11.6. The minimum atomic E-state index is -0.224. The van der Waals surface area contributed by atoms with Gasteiger partial charge < -0.3 is 10.4 Å². The molecule has 1 amide bonds. The van der Waals surface area contributed by atoms with E-state index in [9.17, 15) is 9.90 Å². The maximum absolute atomic E-state index is 12.6. The van der Waals surface area contributed by atoms with Crippen LogP contribution < -0.4 is 5.32 Å². The molecule has 4 aromatic rings. The molecule has 0 bridgehead atoms. The van der Waals surface area contributed by atoms with Crippen LogP contribution in [0.3, 0.4) is 0 Å². The summed E-state index contributed by atoms with van der Waals surface area (Å²) in [4.78, 5) is 14.0. The highest BCUT2D eigenvalue weighted by Gasteiger charge is 2.16. The average molecular weight is 429 g/mol. The van der Waals surface area contributed by atoms with Crippen molar-refractivity contribution >= 4 is 22.6 Å². The molecule has 0 aliphatic heterocycles. The molecular weight excluding hydrogens is 400 g/mol. The van der Waals surface area contributed by atoms with Gasteiger partial charge in [0.15, 0.2) is 0 Å². The fraction of sp³-hybridized carbons (Fsp3) is 0.269. The Labute approximate surface area is 187 Å². The number of phenols is 1. The number of aryl methyl sites for hydroxylation is 1. The summed E-state index contributed by atoms with van der Waals surface area (Å²) in [6.07, 6.45) is 2.06. The zero-order chi connectivity index (χ0) is 22.9. The van der Waals surface area contributed by atoms with Crippen LogP contribution in [0.2, 0.25) is 0 Å². The van der Waals surface area contributed by atoms with Crippen LogP contribution in [0.5, 0.6) is 5.75 Å². The van der Waals surface area contributed by atoms with E-state index in [-0.39, 0.29) is 17.1 Å². The number of carbonyl (C=O) groups is 1. The molecule has 0 radical (unpaired) electrons. The molecule has 0 spiro atoms. The third kappa shape index (κ3) is 4.49. The van der Waals surface area contributed by atoms with Gasteiger partial charge in [-0.05, 0) is 59.4 Å². The Morgan fingerprint density at radius 1 is 0.969 bits per heavy atom. The van der Waals surface area contributed by atoms with Gasteiger partial charge in [-0.15, -0.1) is 15.0 Å². The van der Waals surface area contributed by atoms with Crippen molar-refractivity contribution in [3.05, 3.63) is 77.4 Å². The van der Waals surface area contributed by atoms with E-state index >= 15 is 0 Å². The summed E-state index contributed by atoms with van der Waals surface area (Å²) in [5.74, 6) is -0.240. The number of benzene rings is 3. The molecule has 0 fully saturated rings. The van der Waals surface area contributed by atoms with E-state index in [0.29, 0.717) is 16.9 Å². The Morgan fingerprint density at radius 3 is 2.34 bits per heavy atom. The van der Waals surface area contributed by atoms with Crippen molar-refractivity contribution in [2.45, 2.75) is 46.0 Å². The zero-order valence-corrected chi connectivity index (χ0v) is 18.9. The van der Waals surface area contributed by atoms with Gasteiger partial charge in [-0.1, -0.05) is 52.3 Å². The van der Waals surface area contributed by atoms with E-state index in [1.165, 1.54) is 22.0 Å².